The van der Waals surface area contributed by atoms with Gasteiger partial charge in [-0.3, -0.25) is 0 Å². The molecule has 1 heterocycles. The van der Waals surface area contributed by atoms with E-state index in [0.717, 1.165) is 0 Å². The van der Waals surface area contributed by atoms with Crippen molar-refractivity contribution in [1.29, 1.82) is 0 Å². The number of ether oxygens (including phenoxy) is 1. The van der Waals surface area contributed by atoms with Crippen molar-refractivity contribution in [2.45, 2.75) is 5.75 Å². The summed E-state index contributed by atoms with van der Waals surface area (Å²) in [4.78, 5) is 7.50. The second-order valence-corrected chi connectivity index (χ2v) is 4.99. The molecule has 13 heavy (non-hydrogen) atoms. The van der Waals surface area contributed by atoms with Crippen LogP contribution < -0.4 is 4.74 Å². The fourth-order valence-electron chi connectivity index (χ4n) is 0.731. The highest BCUT2D eigenvalue weighted by Crippen LogP contribution is 2.08. The van der Waals surface area contributed by atoms with Gasteiger partial charge in [-0.05, 0) is 6.07 Å². The van der Waals surface area contributed by atoms with Gasteiger partial charge in [0.05, 0.1) is 12.8 Å². The average Bonchev–Trinajstić information content (AvgIpc) is 2.01. The van der Waals surface area contributed by atoms with E-state index in [2.05, 4.69) is 9.97 Å². The number of rotatable bonds is 3. The Labute approximate surface area is 80.1 Å². The molecular weight excluding hydrogens is 216 g/mol. The maximum absolute atomic E-state index is 10.7. The van der Waals surface area contributed by atoms with Gasteiger partial charge in [0.15, 0.2) is 0 Å². The fraction of sp³-hybridized carbons (Fsp3) is 0.333. The topological polar surface area (TPSA) is 69.2 Å². The Balaban J connectivity index is 2.90. The molecule has 0 radical (unpaired) electrons. The zero-order chi connectivity index (χ0) is 9.90. The normalized spacial score (nSPS) is 11.2. The van der Waals surface area contributed by atoms with Gasteiger partial charge in [-0.25, -0.2) is 13.4 Å². The number of methoxy groups -OCH3 is 1. The van der Waals surface area contributed by atoms with Crippen LogP contribution in [0.4, 0.5) is 0 Å². The third-order valence-corrected chi connectivity index (χ3v) is 2.16. The monoisotopic (exact) mass is 222 g/mol. The van der Waals surface area contributed by atoms with Crippen LogP contribution in [0.1, 0.15) is 5.69 Å². The van der Waals surface area contributed by atoms with E-state index in [0.29, 0.717) is 5.69 Å². The molecule has 5 nitrogen and oxygen atoms in total. The van der Waals surface area contributed by atoms with Crippen LogP contribution in [0.25, 0.3) is 0 Å². The summed E-state index contributed by atoms with van der Waals surface area (Å²) in [7, 11) is 2.86. The number of aromatic nitrogens is 2. The van der Waals surface area contributed by atoms with Crippen molar-refractivity contribution in [2.75, 3.05) is 7.11 Å². The second kappa shape index (κ2) is 3.89. The zero-order valence-corrected chi connectivity index (χ0v) is 8.34. The van der Waals surface area contributed by atoms with Gasteiger partial charge in [0.1, 0.15) is 5.75 Å². The van der Waals surface area contributed by atoms with Crippen molar-refractivity contribution in [3.05, 3.63) is 18.0 Å². The van der Waals surface area contributed by atoms with E-state index in [-0.39, 0.29) is 11.8 Å². The van der Waals surface area contributed by atoms with Crippen LogP contribution >= 0.6 is 10.7 Å². The van der Waals surface area contributed by atoms with Crippen LogP contribution in [0, 0.1) is 0 Å². The first-order chi connectivity index (χ1) is 6.01. The molecular formula is C6H7ClN2O3S. The molecule has 7 heteroatoms. The Morgan fingerprint density at radius 1 is 1.62 bits per heavy atom. The van der Waals surface area contributed by atoms with E-state index < -0.39 is 9.05 Å². The lowest BCUT2D eigenvalue weighted by molar-refractivity contribution is 0.378. The van der Waals surface area contributed by atoms with E-state index in [4.69, 9.17) is 15.4 Å². The van der Waals surface area contributed by atoms with Gasteiger partial charge in [0.25, 0.3) is 0 Å². The Hall–Kier alpha value is -0.880. The first kappa shape index (κ1) is 10.2. The number of nitrogens with zero attached hydrogens (tertiary/aromatic N) is 2. The molecule has 1 aromatic heterocycles. The van der Waals surface area contributed by atoms with Crippen LogP contribution in [0.2, 0.25) is 0 Å². The summed E-state index contributed by atoms with van der Waals surface area (Å²) >= 11 is 0. The zero-order valence-electron chi connectivity index (χ0n) is 6.77. The molecule has 0 aliphatic carbocycles. The first-order valence-corrected chi connectivity index (χ1v) is 5.77. The first-order valence-electron chi connectivity index (χ1n) is 3.29. The summed E-state index contributed by atoms with van der Waals surface area (Å²) in [5.74, 6) is -0.326. The van der Waals surface area contributed by atoms with E-state index >= 15 is 0 Å². The standard InChI is InChI=1S/C6H7ClN2O3S/c1-12-6-8-3-2-5(9-6)4-13(7,10)11/h2-3H,4H2,1H3. The van der Waals surface area contributed by atoms with Crippen molar-refractivity contribution in [3.8, 4) is 6.01 Å². The van der Waals surface area contributed by atoms with Crippen LogP contribution in [0.15, 0.2) is 12.3 Å². The fourth-order valence-corrected chi connectivity index (χ4v) is 1.58. The third-order valence-electron chi connectivity index (χ3n) is 1.19. The Bertz CT molecular complexity index is 393. The van der Waals surface area contributed by atoms with Gasteiger partial charge < -0.3 is 4.74 Å². The quantitative estimate of drug-likeness (QED) is 0.699. The number of halogens is 1. The van der Waals surface area contributed by atoms with Crippen molar-refractivity contribution >= 4 is 19.7 Å². The SMILES string of the molecule is COc1nccc(CS(=O)(=O)Cl)n1. The molecule has 0 aliphatic rings. The third kappa shape index (κ3) is 3.56. The Morgan fingerprint density at radius 3 is 2.85 bits per heavy atom. The van der Waals surface area contributed by atoms with Gasteiger partial charge in [0, 0.05) is 16.9 Å². The minimum absolute atomic E-state index is 0.123. The van der Waals surface area contributed by atoms with E-state index in [1.807, 2.05) is 0 Å². The summed E-state index contributed by atoms with van der Waals surface area (Å²) < 4.78 is 26.0. The minimum atomic E-state index is -3.58. The molecule has 0 aliphatic heterocycles. The largest absolute Gasteiger partial charge is 0.467 e. The summed E-state index contributed by atoms with van der Waals surface area (Å²) in [6.07, 6.45) is 1.41. The maximum Gasteiger partial charge on any atom is 0.316 e. The molecule has 0 atom stereocenters. The molecule has 0 bridgehead atoms. The predicted molar refractivity (Wildman–Crippen MR) is 47.1 cm³/mol. The average molecular weight is 223 g/mol. The van der Waals surface area contributed by atoms with Gasteiger partial charge in [0.2, 0.25) is 9.05 Å². The molecule has 0 saturated heterocycles. The van der Waals surface area contributed by atoms with Gasteiger partial charge in [-0.2, -0.15) is 4.98 Å². The van der Waals surface area contributed by atoms with Crippen molar-refractivity contribution in [3.63, 3.8) is 0 Å². The predicted octanol–water partition coefficient (Wildman–Crippen LogP) is 0.554. The van der Waals surface area contributed by atoms with Crippen molar-refractivity contribution < 1.29 is 13.2 Å². The van der Waals surface area contributed by atoms with E-state index in [1.54, 1.807) is 0 Å². The van der Waals surface area contributed by atoms with Crippen molar-refractivity contribution in [1.82, 2.24) is 9.97 Å². The highest BCUT2D eigenvalue weighted by molar-refractivity contribution is 8.13. The van der Waals surface area contributed by atoms with Crippen LogP contribution in [-0.4, -0.2) is 25.5 Å². The minimum Gasteiger partial charge on any atom is -0.467 e. The molecule has 0 N–H and O–H groups in total. The van der Waals surface area contributed by atoms with Gasteiger partial charge >= 0.3 is 6.01 Å². The lowest BCUT2D eigenvalue weighted by Gasteiger charge is -1.99. The molecule has 0 saturated carbocycles. The maximum atomic E-state index is 10.7. The summed E-state index contributed by atoms with van der Waals surface area (Å²) in [6.45, 7) is 0. The highest BCUT2D eigenvalue weighted by Gasteiger charge is 2.09. The molecule has 1 rings (SSSR count). The Kier molecular flexibility index (Phi) is 3.05. The molecule has 0 amide bonds. The second-order valence-electron chi connectivity index (χ2n) is 2.22. The summed E-state index contributed by atoms with van der Waals surface area (Å²) in [6, 6.07) is 1.58. The van der Waals surface area contributed by atoms with E-state index in [9.17, 15) is 8.42 Å². The molecule has 0 fully saturated rings. The molecule has 72 valence electrons. The molecule has 1 aromatic rings. The van der Waals surface area contributed by atoms with Crippen LogP contribution in [0.3, 0.4) is 0 Å². The molecule has 0 aromatic carbocycles. The van der Waals surface area contributed by atoms with E-state index in [1.165, 1.54) is 19.4 Å². The highest BCUT2D eigenvalue weighted by atomic mass is 35.7. The number of hydrogen-bond donors (Lipinski definition) is 0. The van der Waals surface area contributed by atoms with Crippen LogP contribution in [0.5, 0.6) is 6.01 Å². The van der Waals surface area contributed by atoms with Crippen LogP contribution in [-0.2, 0) is 14.8 Å². The summed E-state index contributed by atoms with van der Waals surface area (Å²) in [5, 5.41) is 0. The Morgan fingerprint density at radius 2 is 2.31 bits per heavy atom. The molecule has 0 unspecified atom stereocenters. The smallest absolute Gasteiger partial charge is 0.316 e. The van der Waals surface area contributed by atoms with Crippen molar-refractivity contribution in [2.24, 2.45) is 0 Å². The lowest BCUT2D eigenvalue weighted by Crippen LogP contribution is -2.00. The van der Waals surface area contributed by atoms with Gasteiger partial charge in [-0.1, -0.05) is 0 Å². The number of hydrogen-bond acceptors (Lipinski definition) is 5. The summed E-state index contributed by atoms with van der Waals surface area (Å²) in [5.41, 5.74) is 0.307. The van der Waals surface area contributed by atoms with Gasteiger partial charge in [-0.15, -0.1) is 0 Å². The molecule has 0 spiro atoms. The lowest BCUT2D eigenvalue weighted by atomic mass is 10.5.